The predicted octanol–water partition coefficient (Wildman–Crippen LogP) is 4.68. The van der Waals surface area contributed by atoms with Crippen LogP contribution in [0.2, 0.25) is 0 Å². The first-order valence-electron chi connectivity index (χ1n) is 7.26. The molecule has 1 aliphatic rings. The smallest absolute Gasteiger partial charge is 0.0815 e. The first-order valence-corrected chi connectivity index (χ1v) is 8.06. The van der Waals surface area contributed by atoms with Crippen molar-refractivity contribution in [2.75, 3.05) is 5.32 Å². The number of anilines is 1. The van der Waals surface area contributed by atoms with E-state index in [0.29, 0.717) is 6.04 Å². The number of hydrogen-bond donors (Lipinski definition) is 1. The minimum atomic E-state index is 0.623. The second kappa shape index (κ2) is 6.00. The molecule has 3 rings (SSSR count). The lowest BCUT2D eigenvalue weighted by Crippen LogP contribution is -2.07. The van der Waals surface area contributed by atoms with Gasteiger partial charge in [0.1, 0.15) is 0 Å². The van der Waals surface area contributed by atoms with Crippen molar-refractivity contribution >= 4 is 21.6 Å². The third kappa shape index (κ3) is 3.06. The van der Waals surface area contributed by atoms with Gasteiger partial charge in [-0.15, -0.1) is 0 Å². The summed E-state index contributed by atoms with van der Waals surface area (Å²) in [6.45, 7) is 2.90. The largest absolute Gasteiger partial charge is 0.379 e. The van der Waals surface area contributed by atoms with Crippen LogP contribution in [0.5, 0.6) is 0 Å². The van der Waals surface area contributed by atoms with E-state index in [-0.39, 0.29) is 0 Å². The highest BCUT2D eigenvalue weighted by Crippen LogP contribution is 2.28. The maximum atomic E-state index is 4.70. The Kier molecular flexibility index (Phi) is 4.10. The van der Waals surface area contributed by atoms with E-state index in [9.17, 15) is 0 Å². The van der Waals surface area contributed by atoms with Gasteiger partial charge in [-0.1, -0.05) is 28.8 Å². The van der Waals surface area contributed by atoms with Crippen LogP contribution in [0.1, 0.15) is 43.0 Å². The Hall–Kier alpha value is -1.29. The molecule has 0 spiro atoms. The van der Waals surface area contributed by atoms with Gasteiger partial charge in [-0.2, -0.15) is 5.10 Å². The van der Waals surface area contributed by atoms with Gasteiger partial charge in [-0.05, 0) is 49.6 Å². The highest BCUT2D eigenvalue weighted by molar-refractivity contribution is 9.10. The molecule has 3 nitrogen and oxygen atoms in total. The molecule has 1 heterocycles. The van der Waals surface area contributed by atoms with Crippen molar-refractivity contribution in [2.45, 2.75) is 45.2 Å². The van der Waals surface area contributed by atoms with Crippen LogP contribution in [0.3, 0.4) is 0 Å². The predicted molar refractivity (Wildman–Crippen MR) is 85.9 cm³/mol. The molecule has 1 aromatic heterocycles. The molecular formula is C16H20BrN3. The topological polar surface area (TPSA) is 29.9 Å². The minimum absolute atomic E-state index is 0.623. The standard InChI is InChI=1S/C16H20BrN3/c1-12-10-13(17)6-7-16(12)18-11-14-8-9-20(19-14)15-4-2-3-5-15/h6-10,15,18H,2-5,11H2,1H3. The Morgan fingerprint density at radius 2 is 2.10 bits per heavy atom. The first-order chi connectivity index (χ1) is 9.72. The van der Waals surface area contributed by atoms with Crippen LogP contribution in [0.25, 0.3) is 0 Å². The van der Waals surface area contributed by atoms with Crippen LogP contribution in [-0.4, -0.2) is 9.78 Å². The van der Waals surface area contributed by atoms with Crippen LogP contribution >= 0.6 is 15.9 Å². The molecule has 0 aliphatic heterocycles. The highest BCUT2D eigenvalue weighted by Gasteiger charge is 2.17. The van der Waals surface area contributed by atoms with E-state index >= 15 is 0 Å². The number of aromatic nitrogens is 2. The zero-order chi connectivity index (χ0) is 13.9. The van der Waals surface area contributed by atoms with E-state index in [1.165, 1.54) is 36.9 Å². The molecule has 0 saturated heterocycles. The van der Waals surface area contributed by atoms with Crippen LogP contribution in [0.4, 0.5) is 5.69 Å². The first kappa shape index (κ1) is 13.7. The third-order valence-electron chi connectivity index (χ3n) is 4.01. The number of halogens is 1. The van der Waals surface area contributed by atoms with Crippen LogP contribution in [-0.2, 0) is 6.54 Å². The molecular weight excluding hydrogens is 314 g/mol. The molecule has 1 N–H and O–H groups in total. The van der Waals surface area contributed by atoms with E-state index < -0.39 is 0 Å². The summed E-state index contributed by atoms with van der Waals surface area (Å²) in [4.78, 5) is 0. The van der Waals surface area contributed by atoms with E-state index in [2.05, 4.69) is 63.3 Å². The van der Waals surface area contributed by atoms with Gasteiger partial charge in [-0.25, -0.2) is 0 Å². The fourth-order valence-corrected chi connectivity index (χ4v) is 3.33. The lowest BCUT2D eigenvalue weighted by atomic mass is 10.2. The highest BCUT2D eigenvalue weighted by atomic mass is 79.9. The maximum absolute atomic E-state index is 4.70. The fraction of sp³-hybridized carbons (Fsp3) is 0.438. The number of rotatable bonds is 4. The van der Waals surface area contributed by atoms with Gasteiger partial charge < -0.3 is 5.32 Å². The fourth-order valence-electron chi connectivity index (χ4n) is 2.86. The summed E-state index contributed by atoms with van der Waals surface area (Å²) >= 11 is 3.49. The molecule has 1 fully saturated rings. The summed E-state index contributed by atoms with van der Waals surface area (Å²) in [5, 5.41) is 8.16. The normalized spacial score (nSPS) is 15.7. The quantitative estimate of drug-likeness (QED) is 0.880. The SMILES string of the molecule is Cc1cc(Br)ccc1NCc1ccn(C2CCCC2)n1. The Morgan fingerprint density at radius 3 is 2.85 bits per heavy atom. The van der Waals surface area contributed by atoms with E-state index in [4.69, 9.17) is 5.10 Å². The van der Waals surface area contributed by atoms with Crippen LogP contribution in [0.15, 0.2) is 34.9 Å². The summed E-state index contributed by atoms with van der Waals surface area (Å²) in [5.41, 5.74) is 3.53. The van der Waals surface area contributed by atoms with Crippen molar-refractivity contribution in [3.8, 4) is 0 Å². The summed E-state index contributed by atoms with van der Waals surface area (Å²) in [5.74, 6) is 0. The summed E-state index contributed by atoms with van der Waals surface area (Å²) in [6.07, 6.45) is 7.37. The van der Waals surface area contributed by atoms with E-state index in [1.54, 1.807) is 0 Å². The van der Waals surface area contributed by atoms with Gasteiger partial charge in [-0.3, -0.25) is 4.68 Å². The van der Waals surface area contributed by atoms with Crippen molar-refractivity contribution in [1.29, 1.82) is 0 Å². The number of nitrogens with one attached hydrogen (secondary N) is 1. The van der Waals surface area contributed by atoms with Crippen LogP contribution < -0.4 is 5.32 Å². The molecule has 0 bridgehead atoms. The van der Waals surface area contributed by atoms with E-state index in [1.807, 2.05) is 0 Å². The zero-order valence-electron chi connectivity index (χ0n) is 11.8. The molecule has 0 amide bonds. The Balaban J connectivity index is 1.63. The number of hydrogen-bond acceptors (Lipinski definition) is 2. The summed E-state index contributed by atoms with van der Waals surface area (Å²) in [7, 11) is 0. The zero-order valence-corrected chi connectivity index (χ0v) is 13.4. The van der Waals surface area contributed by atoms with E-state index in [0.717, 1.165) is 16.7 Å². The van der Waals surface area contributed by atoms with Crippen LogP contribution in [0, 0.1) is 6.92 Å². The van der Waals surface area contributed by atoms with Gasteiger partial charge in [0.05, 0.1) is 18.3 Å². The maximum Gasteiger partial charge on any atom is 0.0815 e. The number of benzene rings is 1. The van der Waals surface area contributed by atoms with Crippen molar-refractivity contribution in [1.82, 2.24) is 9.78 Å². The molecule has 0 atom stereocenters. The van der Waals surface area contributed by atoms with Gasteiger partial charge in [0.2, 0.25) is 0 Å². The molecule has 106 valence electrons. The minimum Gasteiger partial charge on any atom is -0.379 e. The van der Waals surface area contributed by atoms with Crippen molar-refractivity contribution < 1.29 is 0 Å². The lowest BCUT2D eigenvalue weighted by Gasteiger charge is -2.10. The Morgan fingerprint density at radius 1 is 1.30 bits per heavy atom. The van der Waals surface area contributed by atoms with Crippen molar-refractivity contribution in [2.24, 2.45) is 0 Å². The lowest BCUT2D eigenvalue weighted by molar-refractivity contribution is 0.463. The van der Waals surface area contributed by atoms with Gasteiger partial charge in [0.15, 0.2) is 0 Å². The van der Waals surface area contributed by atoms with Gasteiger partial charge in [0.25, 0.3) is 0 Å². The molecule has 1 aliphatic carbocycles. The second-order valence-electron chi connectivity index (χ2n) is 5.54. The average molecular weight is 334 g/mol. The summed E-state index contributed by atoms with van der Waals surface area (Å²) in [6, 6.07) is 9.04. The number of nitrogens with zero attached hydrogens (tertiary/aromatic N) is 2. The second-order valence-corrected chi connectivity index (χ2v) is 6.45. The van der Waals surface area contributed by atoms with Gasteiger partial charge in [0, 0.05) is 16.4 Å². The van der Waals surface area contributed by atoms with Crippen molar-refractivity contribution in [3.63, 3.8) is 0 Å². The number of aryl methyl sites for hydroxylation is 1. The Labute approximate surface area is 128 Å². The molecule has 2 aromatic rings. The summed E-state index contributed by atoms with van der Waals surface area (Å²) < 4.78 is 3.27. The monoisotopic (exact) mass is 333 g/mol. The third-order valence-corrected chi connectivity index (χ3v) is 4.50. The molecule has 20 heavy (non-hydrogen) atoms. The Bertz CT molecular complexity index is 585. The average Bonchev–Trinajstić information content (AvgIpc) is 3.08. The molecule has 1 saturated carbocycles. The van der Waals surface area contributed by atoms with Crippen molar-refractivity contribution in [3.05, 3.63) is 46.2 Å². The molecule has 1 aromatic carbocycles. The molecule has 0 radical (unpaired) electrons. The molecule has 0 unspecified atom stereocenters. The van der Waals surface area contributed by atoms with Gasteiger partial charge >= 0.3 is 0 Å². The molecule has 4 heteroatoms.